The molecule has 1 fully saturated rings. The molecular weight excluding hydrogens is 402 g/mol. The molecule has 0 saturated carbocycles. The van der Waals surface area contributed by atoms with Gasteiger partial charge in [0.05, 0.1) is 0 Å². The first-order valence-corrected chi connectivity index (χ1v) is 11.7. The van der Waals surface area contributed by atoms with Crippen LogP contribution in [0.3, 0.4) is 0 Å². The summed E-state index contributed by atoms with van der Waals surface area (Å²) in [5.74, 6) is -0.494. The zero-order valence-electron chi connectivity index (χ0n) is 19.3. The number of hydrogen-bond acceptors (Lipinski definition) is 5. The van der Waals surface area contributed by atoms with E-state index in [-0.39, 0.29) is 11.9 Å². The number of benzene rings is 2. The van der Waals surface area contributed by atoms with Crippen molar-refractivity contribution in [3.63, 3.8) is 0 Å². The van der Waals surface area contributed by atoms with Gasteiger partial charge in [0.25, 0.3) is 0 Å². The van der Waals surface area contributed by atoms with E-state index in [0.717, 1.165) is 36.8 Å². The molecule has 172 valence electrons. The topological polar surface area (TPSA) is 64.6 Å². The summed E-state index contributed by atoms with van der Waals surface area (Å²) in [4.78, 5) is 21.9. The third kappa shape index (κ3) is 8.46. The number of hydrogen-bond donors (Lipinski definition) is 1. The number of esters is 2. The van der Waals surface area contributed by atoms with E-state index in [0.29, 0.717) is 25.3 Å². The second-order valence-corrected chi connectivity index (χ2v) is 8.76. The fraction of sp³-hybridized carbons (Fsp3) is 0.481. The lowest BCUT2D eigenvalue weighted by molar-refractivity contribution is -0.143. The normalized spacial score (nSPS) is 18.2. The predicted octanol–water partition coefficient (Wildman–Crippen LogP) is 4.89. The fourth-order valence-corrected chi connectivity index (χ4v) is 4.22. The van der Waals surface area contributed by atoms with Gasteiger partial charge in [0.1, 0.15) is 13.2 Å². The van der Waals surface area contributed by atoms with Crippen molar-refractivity contribution in [3.8, 4) is 0 Å². The van der Waals surface area contributed by atoms with Gasteiger partial charge in [-0.05, 0) is 60.8 Å². The fourth-order valence-electron chi connectivity index (χ4n) is 4.22. The Kier molecular flexibility index (Phi) is 9.29. The quantitative estimate of drug-likeness (QED) is 0.536. The molecule has 32 heavy (non-hydrogen) atoms. The Morgan fingerprint density at radius 3 is 1.47 bits per heavy atom. The van der Waals surface area contributed by atoms with E-state index in [4.69, 9.17) is 9.47 Å². The Labute approximate surface area is 191 Å². The van der Waals surface area contributed by atoms with Gasteiger partial charge < -0.3 is 14.8 Å². The summed E-state index contributed by atoms with van der Waals surface area (Å²) >= 11 is 0. The number of piperidine rings is 1. The molecule has 1 heterocycles. The van der Waals surface area contributed by atoms with Gasteiger partial charge in [0, 0.05) is 25.9 Å². The van der Waals surface area contributed by atoms with Crippen molar-refractivity contribution in [1.29, 1.82) is 0 Å². The number of ether oxygens (including phenoxy) is 2. The Balaban J connectivity index is 1.38. The second kappa shape index (κ2) is 12.4. The molecule has 2 aromatic carbocycles. The van der Waals surface area contributed by atoms with Gasteiger partial charge in [-0.3, -0.25) is 9.59 Å². The Morgan fingerprint density at radius 1 is 0.719 bits per heavy atom. The number of nitrogens with one attached hydrogen (secondary N) is 1. The summed E-state index contributed by atoms with van der Waals surface area (Å²) in [5.41, 5.74) is 4.71. The van der Waals surface area contributed by atoms with Crippen molar-refractivity contribution in [2.24, 2.45) is 0 Å². The van der Waals surface area contributed by atoms with Gasteiger partial charge in [0.2, 0.25) is 0 Å². The molecule has 5 heteroatoms. The van der Waals surface area contributed by atoms with Crippen LogP contribution in [-0.2, 0) is 45.1 Å². The highest BCUT2D eigenvalue weighted by Gasteiger charge is 2.20. The molecule has 0 aliphatic carbocycles. The molecular formula is C27H35NO4. The summed E-state index contributed by atoms with van der Waals surface area (Å²) < 4.78 is 10.1. The third-order valence-electron chi connectivity index (χ3n) is 6.07. The van der Waals surface area contributed by atoms with Crippen LogP contribution in [0.25, 0.3) is 0 Å². The number of aryl methyl sites for hydroxylation is 2. The minimum Gasteiger partial charge on any atom is -0.461 e. The van der Waals surface area contributed by atoms with Crippen LogP contribution in [0.4, 0.5) is 0 Å². The number of rotatable bonds is 10. The van der Waals surface area contributed by atoms with Crippen LogP contribution in [0.5, 0.6) is 0 Å². The van der Waals surface area contributed by atoms with Crippen molar-refractivity contribution in [1.82, 2.24) is 5.32 Å². The molecule has 2 aromatic rings. The first kappa shape index (κ1) is 24.0. The van der Waals surface area contributed by atoms with Crippen molar-refractivity contribution in [3.05, 3.63) is 70.8 Å². The van der Waals surface area contributed by atoms with Crippen LogP contribution < -0.4 is 5.32 Å². The maximum Gasteiger partial charge on any atom is 0.302 e. The molecule has 1 aliphatic rings. The van der Waals surface area contributed by atoms with Gasteiger partial charge in [-0.2, -0.15) is 0 Å². The van der Waals surface area contributed by atoms with Crippen LogP contribution in [-0.4, -0.2) is 24.0 Å². The van der Waals surface area contributed by atoms with E-state index >= 15 is 0 Å². The van der Waals surface area contributed by atoms with Crippen LogP contribution in [0.1, 0.15) is 68.2 Å². The summed E-state index contributed by atoms with van der Waals surface area (Å²) in [5, 5.41) is 3.87. The summed E-state index contributed by atoms with van der Waals surface area (Å²) in [6.45, 7) is 3.55. The van der Waals surface area contributed by atoms with Gasteiger partial charge in [0.15, 0.2) is 0 Å². The molecule has 5 nitrogen and oxygen atoms in total. The van der Waals surface area contributed by atoms with E-state index < -0.39 is 0 Å². The minimum absolute atomic E-state index is 0.247. The van der Waals surface area contributed by atoms with Gasteiger partial charge in [-0.15, -0.1) is 0 Å². The van der Waals surface area contributed by atoms with E-state index in [1.165, 1.54) is 44.2 Å². The molecule has 0 bridgehead atoms. The largest absolute Gasteiger partial charge is 0.461 e. The molecule has 0 unspecified atom stereocenters. The lowest BCUT2D eigenvalue weighted by Crippen LogP contribution is -2.42. The average Bonchev–Trinajstić information content (AvgIpc) is 2.80. The van der Waals surface area contributed by atoms with E-state index in [9.17, 15) is 9.59 Å². The SMILES string of the molecule is CC(=O)OCc1ccc(CC[C@H]2CCC[C@@H](CCc3ccc(COC(C)=O)cc3)N2)cc1. The minimum atomic E-state index is -0.247. The standard InChI is InChI=1S/C27H35NO4/c1-20(29)31-18-24-10-6-22(7-11-24)14-16-26-4-3-5-27(28-26)17-15-23-8-12-25(13-9-23)19-32-21(2)30/h6-13,26-28H,3-5,14-19H2,1-2H3/t26-,27+. The van der Waals surface area contributed by atoms with Crippen molar-refractivity contribution < 1.29 is 19.1 Å². The summed E-state index contributed by atoms with van der Waals surface area (Å²) in [6.07, 6.45) is 8.17. The highest BCUT2D eigenvalue weighted by molar-refractivity contribution is 5.66. The number of carbonyl (C=O) groups excluding carboxylic acids is 2. The predicted molar refractivity (Wildman–Crippen MR) is 125 cm³/mol. The molecule has 0 spiro atoms. The molecule has 1 saturated heterocycles. The monoisotopic (exact) mass is 437 g/mol. The van der Waals surface area contributed by atoms with Crippen LogP contribution in [0.2, 0.25) is 0 Å². The molecule has 1 aliphatic heterocycles. The van der Waals surface area contributed by atoms with E-state index in [1.807, 2.05) is 24.3 Å². The first-order chi connectivity index (χ1) is 15.5. The van der Waals surface area contributed by atoms with Gasteiger partial charge in [-0.1, -0.05) is 55.0 Å². The highest BCUT2D eigenvalue weighted by Crippen LogP contribution is 2.21. The van der Waals surface area contributed by atoms with Crippen LogP contribution in [0.15, 0.2) is 48.5 Å². The molecule has 0 aromatic heterocycles. The van der Waals surface area contributed by atoms with Crippen molar-refractivity contribution in [2.75, 3.05) is 0 Å². The van der Waals surface area contributed by atoms with E-state index in [2.05, 4.69) is 29.6 Å². The van der Waals surface area contributed by atoms with Crippen molar-refractivity contribution >= 4 is 11.9 Å². The van der Waals surface area contributed by atoms with E-state index in [1.54, 1.807) is 0 Å². The summed E-state index contributed by atoms with van der Waals surface area (Å²) in [6, 6.07) is 17.9. The first-order valence-electron chi connectivity index (χ1n) is 11.7. The lowest BCUT2D eigenvalue weighted by atomic mass is 9.91. The Morgan fingerprint density at radius 2 is 1.09 bits per heavy atom. The molecule has 1 N–H and O–H groups in total. The average molecular weight is 438 g/mol. The maximum atomic E-state index is 10.9. The Hall–Kier alpha value is -2.66. The molecule has 2 atom stereocenters. The van der Waals surface area contributed by atoms with Crippen LogP contribution >= 0.6 is 0 Å². The molecule has 3 rings (SSSR count). The third-order valence-corrected chi connectivity index (χ3v) is 6.07. The highest BCUT2D eigenvalue weighted by atomic mass is 16.5. The van der Waals surface area contributed by atoms with Gasteiger partial charge in [-0.25, -0.2) is 0 Å². The van der Waals surface area contributed by atoms with Crippen LogP contribution in [0, 0.1) is 0 Å². The smallest absolute Gasteiger partial charge is 0.302 e. The zero-order valence-corrected chi connectivity index (χ0v) is 19.3. The maximum absolute atomic E-state index is 10.9. The molecule has 0 amide bonds. The molecule has 0 radical (unpaired) electrons. The lowest BCUT2D eigenvalue weighted by Gasteiger charge is -2.31. The zero-order chi connectivity index (χ0) is 22.8. The second-order valence-electron chi connectivity index (χ2n) is 8.76. The Bertz CT molecular complexity index is 789. The summed E-state index contributed by atoms with van der Waals surface area (Å²) in [7, 11) is 0. The van der Waals surface area contributed by atoms with Crippen molar-refractivity contribution in [2.45, 2.75) is 84.1 Å². The number of carbonyl (C=O) groups is 2. The van der Waals surface area contributed by atoms with Gasteiger partial charge >= 0.3 is 11.9 Å².